The van der Waals surface area contributed by atoms with Gasteiger partial charge >= 0.3 is 0 Å². The molecule has 0 unspecified atom stereocenters. The smallest absolute Gasteiger partial charge is 0.147 e. The van der Waals surface area contributed by atoms with E-state index in [0.717, 1.165) is 17.4 Å². The van der Waals surface area contributed by atoms with E-state index in [-0.39, 0.29) is 0 Å². The monoisotopic (exact) mass is 118 g/mol. The molecule has 0 fully saturated rings. The Labute approximate surface area is 54.1 Å². The van der Waals surface area contributed by atoms with Crippen LogP contribution in [0.4, 0.5) is 0 Å². The molecule has 1 rings (SSSR count). The van der Waals surface area contributed by atoms with Crippen molar-refractivity contribution in [3.05, 3.63) is 23.3 Å². The molecule has 0 aromatic carbocycles. The first-order chi connectivity index (χ1) is 4.38. The molecular formula is C8H6O. The average Bonchev–Trinajstić information content (AvgIpc) is 2.33. The lowest BCUT2D eigenvalue weighted by Gasteiger charge is -1.86. The third kappa shape index (κ3) is 0.921. The molecule has 0 atom stereocenters. The van der Waals surface area contributed by atoms with Gasteiger partial charge < -0.3 is 0 Å². The van der Waals surface area contributed by atoms with Gasteiger partial charge in [-0.05, 0) is 12.5 Å². The van der Waals surface area contributed by atoms with Crippen LogP contribution in [0.5, 0.6) is 0 Å². The van der Waals surface area contributed by atoms with E-state index in [0.29, 0.717) is 6.42 Å². The van der Waals surface area contributed by atoms with Gasteiger partial charge in [-0.3, -0.25) is 4.79 Å². The Morgan fingerprint density at radius 3 is 3.00 bits per heavy atom. The summed E-state index contributed by atoms with van der Waals surface area (Å²) in [6.45, 7) is 0. The van der Waals surface area contributed by atoms with E-state index < -0.39 is 0 Å². The van der Waals surface area contributed by atoms with Gasteiger partial charge in [-0.2, -0.15) is 0 Å². The standard InChI is InChI=1S/C8H6O/c1-2-7-4-3-5-8(7)6-9/h1,3-4,6H,5H2. The van der Waals surface area contributed by atoms with E-state index in [1.165, 1.54) is 0 Å². The number of allylic oxidation sites excluding steroid dienone is 4. The molecule has 0 amide bonds. The van der Waals surface area contributed by atoms with Gasteiger partial charge in [0.25, 0.3) is 0 Å². The van der Waals surface area contributed by atoms with Crippen LogP contribution in [0, 0.1) is 12.3 Å². The van der Waals surface area contributed by atoms with Gasteiger partial charge in [-0.1, -0.05) is 12.0 Å². The largest absolute Gasteiger partial charge is 0.298 e. The molecule has 0 aliphatic heterocycles. The molecule has 0 radical (unpaired) electrons. The summed E-state index contributed by atoms with van der Waals surface area (Å²) in [6.07, 6.45) is 10.3. The SMILES string of the molecule is C#CC1=C(C=O)CC=C1. The van der Waals surface area contributed by atoms with Crippen LogP contribution in [-0.4, -0.2) is 6.29 Å². The molecule has 0 spiro atoms. The molecule has 0 aromatic rings. The third-order valence-corrected chi connectivity index (χ3v) is 1.27. The molecule has 1 heteroatoms. The molecule has 44 valence electrons. The fourth-order valence-corrected chi connectivity index (χ4v) is 0.773. The van der Waals surface area contributed by atoms with E-state index in [1.54, 1.807) is 6.08 Å². The first-order valence-electron chi connectivity index (χ1n) is 2.70. The summed E-state index contributed by atoms with van der Waals surface area (Å²) < 4.78 is 0. The summed E-state index contributed by atoms with van der Waals surface area (Å²) in [5, 5.41) is 0. The minimum absolute atomic E-state index is 0.697. The number of carbonyl (C=O) groups is 1. The molecule has 1 aliphatic carbocycles. The summed E-state index contributed by atoms with van der Waals surface area (Å²) in [5.41, 5.74) is 1.45. The van der Waals surface area contributed by atoms with Crippen LogP contribution in [0.15, 0.2) is 23.3 Å². The second-order valence-corrected chi connectivity index (χ2v) is 1.81. The maximum absolute atomic E-state index is 10.2. The minimum atomic E-state index is 0.697. The van der Waals surface area contributed by atoms with E-state index in [4.69, 9.17) is 6.42 Å². The molecule has 0 N–H and O–H groups in total. The number of hydrogen-bond donors (Lipinski definition) is 0. The quantitative estimate of drug-likeness (QED) is 0.372. The van der Waals surface area contributed by atoms with Gasteiger partial charge in [0.15, 0.2) is 0 Å². The zero-order valence-corrected chi connectivity index (χ0v) is 4.92. The van der Waals surface area contributed by atoms with Crippen molar-refractivity contribution in [2.24, 2.45) is 0 Å². The Balaban J connectivity index is 2.96. The van der Waals surface area contributed by atoms with Crippen molar-refractivity contribution in [1.82, 2.24) is 0 Å². The van der Waals surface area contributed by atoms with Crippen LogP contribution in [-0.2, 0) is 4.79 Å². The number of carbonyl (C=O) groups excluding carboxylic acids is 1. The summed E-state index contributed by atoms with van der Waals surface area (Å²) in [7, 11) is 0. The highest BCUT2D eigenvalue weighted by Gasteiger charge is 2.03. The summed E-state index contributed by atoms with van der Waals surface area (Å²) >= 11 is 0. The van der Waals surface area contributed by atoms with Crippen molar-refractivity contribution in [3.8, 4) is 12.3 Å². The Morgan fingerprint density at radius 2 is 2.56 bits per heavy atom. The lowest BCUT2D eigenvalue weighted by molar-refractivity contribution is -0.104. The second kappa shape index (κ2) is 2.32. The van der Waals surface area contributed by atoms with Crippen molar-refractivity contribution in [2.45, 2.75) is 6.42 Å². The summed E-state index contributed by atoms with van der Waals surface area (Å²) in [4.78, 5) is 10.2. The Bertz CT molecular complexity index is 225. The molecular weight excluding hydrogens is 112 g/mol. The van der Waals surface area contributed by atoms with Crippen LogP contribution in [0.1, 0.15) is 6.42 Å². The van der Waals surface area contributed by atoms with Crippen molar-refractivity contribution in [2.75, 3.05) is 0 Å². The Kier molecular flexibility index (Phi) is 1.51. The fourth-order valence-electron chi connectivity index (χ4n) is 0.773. The van der Waals surface area contributed by atoms with E-state index >= 15 is 0 Å². The van der Waals surface area contributed by atoms with E-state index in [2.05, 4.69) is 5.92 Å². The van der Waals surface area contributed by atoms with Gasteiger partial charge in [0, 0.05) is 11.1 Å². The first kappa shape index (κ1) is 5.84. The van der Waals surface area contributed by atoms with Crippen LogP contribution in [0.2, 0.25) is 0 Å². The molecule has 0 saturated carbocycles. The number of rotatable bonds is 1. The van der Waals surface area contributed by atoms with Crippen molar-refractivity contribution < 1.29 is 4.79 Å². The summed E-state index contributed by atoms with van der Waals surface area (Å²) in [5.74, 6) is 2.43. The van der Waals surface area contributed by atoms with Gasteiger partial charge in [0.05, 0.1) is 0 Å². The Hall–Kier alpha value is -1.29. The topological polar surface area (TPSA) is 17.1 Å². The van der Waals surface area contributed by atoms with Crippen molar-refractivity contribution >= 4 is 6.29 Å². The maximum Gasteiger partial charge on any atom is 0.147 e. The third-order valence-electron chi connectivity index (χ3n) is 1.27. The molecule has 0 heterocycles. The first-order valence-corrected chi connectivity index (χ1v) is 2.70. The highest BCUT2D eigenvalue weighted by atomic mass is 16.1. The van der Waals surface area contributed by atoms with Gasteiger partial charge in [-0.15, -0.1) is 6.42 Å². The maximum atomic E-state index is 10.2. The van der Waals surface area contributed by atoms with Crippen molar-refractivity contribution in [1.29, 1.82) is 0 Å². The number of aldehydes is 1. The van der Waals surface area contributed by atoms with Crippen LogP contribution in [0.25, 0.3) is 0 Å². The molecule has 0 aromatic heterocycles. The summed E-state index contributed by atoms with van der Waals surface area (Å²) in [6, 6.07) is 0. The van der Waals surface area contributed by atoms with Gasteiger partial charge in [-0.25, -0.2) is 0 Å². The highest BCUT2D eigenvalue weighted by Crippen LogP contribution is 2.15. The lowest BCUT2D eigenvalue weighted by atomic mass is 10.2. The zero-order valence-electron chi connectivity index (χ0n) is 4.92. The van der Waals surface area contributed by atoms with E-state index in [1.807, 2.05) is 6.08 Å². The fraction of sp³-hybridized carbons (Fsp3) is 0.125. The van der Waals surface area contributed by atoms with Crippen molar-refractivity contribution in [3.63, 3.8) is 0 Å². The molecule has 1 aliphatic rings. The second-order valence-electron chi connectivity index (χ2n) is 1.81. The predicted molar refractivity (Wildman–Crippen MR) is 35.7 cm³/mol. The zero-order chi connectivity index (χ0) is 6.69. The number of hydrogen-bond acceptors (Lipinski definition) is 1. The minimum Gasteiger partial charge on any atom is -0.298 e. The highest BCUT2D eigenvalue weighted by molar-refractivity contribution is 5.79. The van der Waals surface area contributed by atoms with Crippen LogP contribution in [0.3, 0.4) is 0 Å². The molecule has 0 bridgehead atoms. The Morgan fingerprint density at radius 1 is 1.78 bits per heavy atom. The molecule has 1 nitrogen and oxygen atoms in total. The van der Waals surface area contributed by atoms with Crippen LogP contribution < -0.4 is 0 Å². The molecule has 9 heavy (non-hydrogen) atoms. The van der Waals surface area contributed by atoms with Crippen LogP contribution >= 0.6 is 0 Å². The normalized spacial score (nSPS) is 15.9. The molecule has 0 saturated heterocycles. The predicted octanol–water partition coefficient (Wildman–Crippen LogP) is 1.07. The van der Waals surface area contributed by atoms with Gasteiger partial charge in [0.1, 0.15) is 6.29 Å². The van der Waals surface area contributed by atoms with Gasteiger partial charge in [0.2, 0.25) is 0 Å². The lowest BCUT2D eigenvalue weighted by Crippen LogP contribution is -1.81. The number of terminal acetylenes is 1. The van der Waals surface area contributed by atoms with E-state index in [9.17, 15) is 4.79 Å². The average molecular weight is 118 g/mol.